The maximum atomic E-state index is 9.68. The molecule has 0 heterocycles. The van der Waals surface area contributed by atoms with E-state index in [1.54, 1.807) is 0 Å². The minimum atomic E-state index is -0.211. The van der Waals surface area contributed by atoms with Gasteiger partial charge in [0.1, 0.15) is 0 Å². The van der Waals surface area contributed by atoms with Crippen LogP contribution in [0.25, 0.3) is 0 Å². The van der Waals surface area contributed by atoms with Crippen molar-refractivity contribution in [3.63, 3.8) is 0 Å². The van der Waals surface area contributed by atoms with Gasteiger partial charge in [-0.05, 0) is 32.1 Å². The summed E-state index contributed by atoms with van der Waals surface area (Å²) in [6.45, 7) is 9.25. The van der Waals surface area contributed by atoms with E-state index in [2.05, 4.69) is 33.0 Å². The Kier molecular flexibility index (Phi) is 5.22. The maximum absolute atomic E-state index is 9.68. The van der Waals surface area contributed by atoms with E-state index in [9.17, 15) is 5.11 Å². The van der Waals surface area contributed by atoms with Crippen LogP contribution in [0.4, 0.5) is 0 Å². The van der Waals surface area contributed by atoms with E-state index in [1.165, 1.54) is 12.8 Å². The van der Waals surface area contributed by atoms with Crippen molar-refractivity contribution in [2.24, 2.45) is 5.92 Å². The number of aliphatic hydroxyl groups is 1. The molecule has 0 aromatic carbocycles. The van der Waals surface area contributed by atoms with Crippen LogP contribution in [-0.4, -0.2) is 36.0 Å². The Labute approximate surface area is 99.6 Å². The van der Waals surface area contributed by atoms with Crippen molar-refractivity contribution in [3.05, 3.63) is 0 Å². The van der Waals surface area contributed by atoms with Gasteiger partial charge in [0.25, 0.3) is 0 Å². The predicted octanol–water partition coefficient (Wildman–Crippen LogP) is 1.94. The van der Waals surface area contributed by atoms with E-state index in [0.29, 0.717) is 18.6 Å². The molecule has 1 aliphatic rings. The molecule has 2 N–H and O–H groups in total. The topological polar surface area (TPSA) is 41.5 Å². The zero-order chi connectivity index (χ0) is 12.2. The number of rotatable bonds is 8. The molecule has 2 unspecified atom stereocenters. The summed E-state index contributed by atoms with van der Waals surface area (Å²) in [5, 5.41) is 13.2. The quantitative estimate of drug-likeness (QED) is 0.668. The lowest BCUT2D eigenvalue weighted by molar-refractivity contribution is -0.0155. The largest absolute Gasteiger partial charge is 0.394 e. The average Bonchev–Trinajstić information content (AvgIpc) is 3.07. The van der Waals surface area contributed by atoms with Crippen molar-refractivity contribution in [2.45, 2.75) is 64.6 Å². The van der Waals surface area contributed by atoms with E-state index in [0.717, 1.165) is 6.42 Å². The van der Waals surface area contributed by atoms with Gasteiger partial charge in [-0.25, -0.2) is 0 Å². The maximum Gasteiger partial charge on any atom is 0.0681 e. The van der Waals surface area contributed by atoms with Gasteiger partial charge in [0.2, 0.25) is 0 Å². The second-order valence-electron chi connectivity index (χ2n) is 5.42. The van der Waals surface area contributed by atoms with E-state index in [1.807, 2.05) is 0 Å². The molecule has 3 heteroatoms. The third-order valence-corrected chi connectivity index (χ3v) is 3.42. The standard InChI is InChI=1S/C13H27NO2/c1-5-11(4)16-9-13(8-15,12-6-7-12)14-10(2)3/h10-12,14-15H,5-9H2,1-4H3. The molecule has 1 saturated carbocycles. The summed E-state index contributed by atoms with van der Waals surface area (Å²) < 4.78 is 5.83. The minimum Gasteiger partial charge on any atom is -0.394 e. The molecule has 0 amide bonds. The van der Waals surface area contributed by atoms with Crippen LogP contribution in [0, 0.1) is 5.92 Å². The van der Waals surface area contributed by atoms with Crippen LogP contribution in [0.15, 0.2) is 0 Å². The Morgan fingerprint density at radius 2 is 2.00 bits per heavy atom. The average molecular weight is 229 g/mol. The van der Waals surface area contributed by atoms with E-state index in [-0.39, 0.29) is 18.2 Å². The van der Waals surface area contributed by atoms with Crippen molar-refractivity contribution in [3.8, 4) is 0 Å². The first-order valence-corrected chi connectivity index (χ1v) is 6.54. The lowest BCUT2D eigenvalue weighted by Gasteiger charge is -2.36. The summed E-state index contributed by atoms with van der Waals surface area (Å²) in [6.07, 6.45) is 3.72. The molecule has 2 atom stereocenters. The zero-order valence-electron chi connectivity index (χ0n) is 11.1. The van der Waals surface area contributed by atoms with E-state index >= 15 is 0 Å². The fraction of sp³-hybridized carbons (Fsp3) is 1.00. The molecule has 0 spiro atoms. The van der Waals surface area contributed by atoms with E-state index in [4.69, 9.17) is 4.74 Å². The molecule has 0 aromatic heterocycles. The Morgan fingerprint density at radius 1 is 1.38 bits per heavy atom. The molecule has 96 valence electrons. The SMILES string of the molecule is CCC(C)OCC(CO)(NC(C)C)C1CC1. The molecule has 16 heavy (non-hydrogen) atoms. The van der Waals surface area contributed by atoms with Crippen molar-refractivity contribution >= 4 is 0 Å². The van der Waals surface area contributed by atoms with Gasteiger partial charge >= 0.3 is 0 Å². The highest BCUT2D eigenvalue weighted by Crippen LogP contribution is 2.40. The highest BCUT2D eigenvalue weighted by atomic mass is 16.5. The van der Waals surface area contributed by atoms with Crippen LogP contribution >= 0.6 is 0 Å². The first-order valence-electron chi connectivity index (χ1n) is 6.54. The Balaban J connectivity index is 2.54. The van der Waals surface area contributed by atoms with Gasteiger partial charge in [-0.15, -0.1) is 0 Å². The fourth-order valence-electron chi connectivity index (χ4n) is 2.12. The zero-order valence-corrected chi connectivity index (χ0v) is 11.1. The van der Waals surface area contributed by atoms with Gasteiger partial charge in [0, 0.05) is 6.04 Å². The highest BCUT2D eigenvalue weighted by Gasteiger charge is 2.45. The molecular formula is C13H27NO2. The van der Waals surface area contributed by atoms with E-state index < -0.39 is 0 Å². The van der Waals surface area contributed by atoms with Crippen LogP contribution in [0.5, 0.6) is 0 Å². The lowest BCUT2D eigenvalue weighted by Crippen LogP contribution is -2.57. The van der Waals surface area contributed by atoms with Gasteiger partial charge in [0.15, 0.2) is 0 Å². The van der Waals surface area contributed by atoms with Gasteiger partial charge in [0.05, 0.1) is 24.9 Å². The Morgan fingerprint density at radius 3 is 2.38 bits per heavy atom. The van der Waals surface area contributed by atoms with Crippen molar-refractivity contribution in [1.82, 2.24) is 5.32 Å². The first-order chi connectivity index (χ1) is 7.54. The number of hydrogen-bond acceptors (Lipinski definition) is 3. The first kappa shape index (κ1) is 13.9. The molecule has 0 aromatic rings. The monoisotopic (exact) mass is 229 g/mol. The van der Waals surface area contributed by atoms with Gasteiger partial charge < -0.3 is 15.2 Å². The molecule has 0 aliphatic heterocycles. The lowest BCUT2D eigenvalue weighted by atomic mass is 9.94. The smallest absolute Gasteiger partial charge is 0.0681 e. The number of hydrogen-bond donors (Lipinski definition) is 2. The summed E-state index contributed by atoms with van der Waals surface area (Å²) in [6, 6.07) is 0.383. The van der Waals surface area contributed by atoms with Crippen molar-refractivity contribution in [2.75, 3.05) is 13.2 Å². The molecular weight excluding hydrogens is 202 g/mol. The summed E-state index contributed by atoms with van der Waals surface area (Å²) in [5.74, 6) is 0.587. The van der Waals surface area contributed by atoms with Crippen LogP contribution in [0.1, 0.15) is 47.0 Å². The third kappa shape index (κ3) is 3.72. The van der Waals surface area contributed by atoms with Crippen LogP contribution in [0.3, 0.4) is 0 Å². The van der Waals surface area contributed by atoms with Gasteiger partial charge in [-0.1, -0.05) is 20.8 Å². The second kappa shape index (κ2) is 5.99. The summed E-state index contributed by atoms with van der Waals surface area (Å²) in [4.78, 5) is 0. The third-order valence-electron chi connectivity index (χ3n) is 3.42. The number of nitrogens with one attached hydrogen (secondary N) is 1. The minimum absolute atomic E-state index is 0.173. The number of ether oxygens (including phenoxy) is 1. The Bertz CT molecular complexity index is 204. The summed E-state index contributed by atoms with van der Waals surface area (Å²) in [5.41, 5.74) is -0.211. The molecule has 1 rings (SSSR count). The Hall–Kier alpha value is -0.120. The fourth-order valence-corrected chi connectivity index (χ4v) is 2.12. The number of aliphatic hydroxyl groups excluding tert-OH is 1. The normalized spacial score (nSPS) is 22.1. The molecule has 1 aliphatic carbocycles. The second-order valence-corrected chi connectivity index (χ2v) is 5.42. The molecule has 0 bridgehead atoms. The molecule has 0 saturated heterocycles. The van der Waals surface area contributed by atoms with Crippen LogP contribution < -0.4 is 5.32 Å². The molecule has 1 fully saturated rings. The van der Waals surface area contributed by atoms with Crippen LogP contribution in [-0.2, 0) is 4.74 Å². The highest BCUT2D eigenvalue weighted by molar-refractivity contribution is 5.01. The summed E-state index contributed by atoms with van der Waals surface area (Å²) in [7, 11) is 0. The molecule has 3 nitrogen and oxygen atoms in total. The van der Waals surface area contributed by atoms with Crippen molar-refractivity contribution < 1.29 is 9.84 Å². The van der Waals surface area contributed by atoms with Gasteiger partial charge in [-0.3, -0.25) is 0 Å². The molecule has 0 radical (unpaired) electrons. The van der Waals surface area contributed by atoms with Crippen molar-refractivity contribution in [1.29, 1.82) is 0 Å². The summed E-state index contributed by atoms with van der Waals surface area (Å²) >= 11 is 0. The van der Waals surface area contributed by atoms with Gasteiger partial charge in [-0.2, -0.15) is 0 Å². The van der Waals surface area contributed by atoms with Crippen LogP contribution in [0.2, 0.25) is 0 Å². The predicted molar refractivity (Wildman–Crippen MR) is 66.5 cm³/mol.